The van der Waals surface area contributed by atoms with Crippen molar-refractivity contribution in [3.63, 3.8) is 0 Å². The number of nitrogens with one attached hydrogen (secondary N) is 1. The van der Waals surface area contributed by atoms with Crippen molar-refractivity contribution < 1.29 is 0 Å². The Balaban J connectivity index is 2.55. The molecule has 0 aliphatic heterocycles. The molecular weight excluding hydrogens is 226 g/mol. The number of aryl methyl sites for hydroxylation is 2. The largest absolute Gasteiger partial charge is 0.314 e. The van der Waals surface area contributed by atoms with E-state index in [9.17, 15) is 0 Å². The lowest BCUT2D eigenvalue weighted by atomic mass is 10.2. The van der Waals surface area contributed by atoms with Crippen LogP contribution in [-0.2, 0) is 0 Å². The molecule has 0 heterocycles. The van der Waals surface area contributed by atoms with Gasteiger partial charge in [-0.05, 0) is 45.4 Å². The zero-order valence-corrected chi connectivity index (χ0v) is 12.5. The lowest BCUT2D eigenvalue weighted by molar-refractivity contribution is 0.530. The Morgan fingerprint density at radius 1 is 1.24 bits per heavy atom. The summed E-state index contributed by atoms with van der Waals surface area (Å²) in [6.07, 6.45) is 1.21. The van der Waals surface area contributed by atoms with Crippen LogP contribution in [0.3, 0.4) is 0 Å². The highest BCUT2D eigenvalue weighted by molar-refractivity contribution is 8.00. The molecule has 1 aromatic carbocycles. The third kappa shape index (κ3) is 5.13. The van der Waals surface area contributed by atoms with Crippen molar-refractivity contribution in [2.24, 2.45) is 0 Å². The highest BCUT2D eigenvalue weighted by Crippen LogP contribution is 2.29. The van der Waals surface area contributed by atoms with E-state index in [2.05, 4.69) is 58.1 Å². The van der Waals surface area contributed by atoms with Gasteiger partial charge in [0.1, 0.15) is 0 Å². The maximum Gasteiger partial charge on any atom is 0.0107 e. The summed E-state index contributed by atoms with van der Waals surface area (Å²) in [5, 5.41) is 4.13. The lowest BCUT2D eigenvalue weighted by Gasteiger charge is -2.18. The van der Waals surface area contributed by atoms with E-state index in [4.69, 9.17) is 0 Å². The predicted molar refractivity (Wildman–Crippen MR) is 79.0 cm³/mol. The van der Waals surface area contributed by atoms with Crippen LogP contribution in [0.1, 0.15) is 38.3 Å². The van der Waals surface area contributed by atoms with E-state index in [-0.39, 0.29) is 0 Å². The summed E-state index contributed by atoms with van der Waals surface area (Å²) in [6, 6.07) is 7.31. The minimum absolute atomic E-state index is 0.604. The second-order valence-corrected chi connectivity index (χ2v) is 6.37. The van der Waals surface area contributed by atoms with Crippen LogP contribution in [0.5, 0.6) is 0 Å². The smallest absolute Gasteiger partial charge is 0.0107 e. The van der Waals surface area contributed by atoms with Gasteiger partial charge in [0.25, 0.3) is 0 Å². The summed E-state index contributed by atoms with van der Waals surface area (Å²) in [5.74, 6) is 0. The van der Waals surface area contributed by atoms with Crippen molar-refractivity contribution in [2.75, 3.05) is 6.54 Å². The minimum Gasteiger partial charge on any atom is -0.314 e. The molecule has 96 valence electrons. The van der Waals surface area contributed by atoms with Crippen molar-refractivity contribution in [1.29, 1.82) is 0 Å². The van der Waals surface area contributed by atoms with Crippen LogP contribution in [-0.4, -0.2) is 17.8 Å². The SMILES string of the molecule is CCNC(C)CC(C)Sc1cc(C)ccc1C. The fourth-order valence-corrected chi connectivity index (χ4v) is 3.36. The molecular formula is C15H25NS. The number of thioether (sulfide) groups is 1. The molecule has 17 heavy (non-hydrogen) atoms. The highest BCUT2D eigenvalue weighted by Gasteiger charge is 2.10. The summed E-state index contributed by atoms with van der Waals surface area (Å²) < 4.78 is 0. The van der Waals surface area contributed by atoms with E-state index < -0.39 is 0 Å². The van der Waals surface area contributed by atoms with E-state index in [0.717, 1.165) is 6.54 Å². The zero-order valence-electron chi connectivity index (χ0n) is 11.7. The van der Waals surface area contributed by atoms with Gasteiger partial charge in [-0.15, -0.1) is 11.8 Å². The monoisotopic (exact) mass is 251 g/mol. The summed E-state index contributed by atoms with van der Waals surface area (Å²) >= 11 is 2.00. The molecule has 0 aliphatic rings. The molecule has 2 unspecified atom stereocenters. The average molecular weight is 251 g/mol. The fraction of sp³-hybridized carbons (Fsp3) is 0.600. The van der Waals surface area contributed by atoms with Crippen LogP contribution in [0.4, 0.5) is 0 Å². The second-order valence-electron chi connectivity index (χ2n) is 4.89. The number of hydrogen-bond donors (Lipinski definition) is 1. The van der Waals surface area contributed by atoms with E-state index in [0.29, 0.717) is 11.3 Å². The molecule has 1 rings (SSSR count). The molecule has 1 N–H and O–H groups in total. The Morgan fingerprint density at radius 3 is 2.59 bits per heavy atom. The molecule has 0 fully saturated rings. The highest BCUT2D eigenvalue weighted by atomic mass is 32.2. The number of benzene rings is 1. The van der Waals surface area contributed by atoms with Gasteiger partial charge >= 0.3 is 0 Å². The summed E-state index contributed by atoms with van der Waals surface area (Å²) in [6.45, 7) is 12.2. The van der Waals surface area contributed by atoms with Crippen molar-refractivity contribution in [3.05, 3.63) is 29.3 Å². The predicted octanol–water partition coefficient (Wildman–Crippen LogP) is 4.17. The summed E-state index contributed by atoms with van der Waals surface area (Å²) in [7, 11) is 0. The van der Waals surface area contributed by atoms with Gasteiger partial charge in [-0.25, -0.2) is 0 Å². The molecule has 0 aromatic heterocycles. The first-order valence-electron chi connectivity index (χ1n) is 6.50. The number of rotatable bonds is 6. The Kier molecular flexibility index (Phi) is 6.07. The third-order valence-corrected chi connectivity index (χ3v) is 4.20. The molecule has 0 spiro atoms. The van der Waals surface area contributed by atoms with Crippen LogP contribution in [0.2, 0.25) is 0 Å². The average Bonchev–Trinajstić information content (AvgIpc) is 2.23. The van der Waals surface area contributed by atoms with Crippen molar-refractivity contribution in [3.8, 4) is 0 Å². The molecule has 1 nitrogen and oxygen atoms in total. The van der Waals surface area contributed by atoms with Crippen molar-refractivity contribution >= 4 is 11.8 Å². The van der Waals surface area contributed by atoms with E-state index in [1.807, 2.05) is 11.8 Å². The van der Waals surface area contributed by atoms with E-state index in [1.54, 1.807) is 0 Å². The number of hydrogen-bond acceptors (Lipinski definition) is 2. The molecule has 0 aliphatic carbocycles. The molecule has 2 atom stereocenters. The minimum atomic E-state index is 0.604. The molecule has 0 amide bonds. The van der Waals surface area contributed by atoms with Crippen LogP contribution < -0.4 is 5.32 Å². The van der Waals surface area contributed by atoms with Crippen molar-refractivity contribution in [2.45, 2.75) is 57.2 Å². The molecule has 1 aromatic rings. The Hall–Kier alpha value is -0.470. The van der Waals surface area contributed by atoms with Gasteiger partial charge < -0.3 is 5.32 Å². The normalized spacial score (nSPS) is 14.6. The molecule has 0 bridgehead atoms. The quantitative estimate of drug-likeness (QED) is 0.762. The first kappa shape index (κ1) is 14.6. The maximum absolute atomic E-state index is 3.47. The standard InChI is InChI=1S/C15H25NS/c1-6-16-13(4)10-14(5)17-15-9-11(2)7-8-12(15)3/h7-9,13-14,16H,6,10H2,1-5H3. The van der Waals surface area contributed by atoms with Gasteiger partial charge in [0.05, 0.1) is 0 Å². The van der Waals surface area contributed by atoms with Crippen molar-refractivity contribution in [1.82, 2.24) is 5.32 Å². The van der Waals surface area contributed by atoms with Gasteiger partial charge in [-0.1, -0.05) is 31.5 Å². The maximum atomic E-state index is 3.47. The molecule has 2 heteroatoms. The van der Waals surface area contributed by atoms with Crippen LogP contribution in [0, 0.1) is 13.8 Å². The Morgan fingerprint density at radius 2 is 1.94 bits per heavy atom. The molecule has 0 saturated heterocycles. The Labute approximate surface area is 110 Å². The first-order valence-corrected chi connectivity index (χ1v) is 7.38. The molecule has 0 saturated carbocycles. The summed E-state index contributed by atoms with van der Waals surface area (Å²) in [4.78, 5) is 1.43. The first-order chi connectivity index (χ1) is 8.02. The lowest BCUT2D eigenvalue weighted by Crippen LogP contribution is -2.28. The van der Waals surface area contributed by atoms with E-state index >= 15 is 0 Å². The fourth-order valence-electron chi connectivity index (χ4n) is 2.03. The van der Waals surface area contributed by atoms with Crippen LogP contribution in [0.15, 0.2) is 23.1 Å². The topological polar surface area (TPSA) is 12.0 Å². The molecule has 0 radical (unpaired) electrons. The zero-order chi connectivity index (χ0) is 12.8. The Bertz CT molecular complexity index is 349. The van der Waals surface area contributed by atoms with Gasteiger partial charge in [0.2, 0.25) is 0 Å². The van der Waals surface area contributed by atoms with Crippen LogP contribution >= 0.6 is 11.8 Å². The van der Waals surface area contributed by atoms with Gasteiger partial charge in [0.15, 0.2) is 0 Å². The van der Waals surface area contributed by atoms with E-state index in [1.165, 1.54) is 22.4 Å². The van der Waals surface area contributed by atoms with Gasteiger partial charge in [-0.3, -0.25) is 0 Å². The third-order valence-electron chi connectivity index (χ3n) is 2.91. The van der Waals surface area contributed by atoms with Gasteiger partial charge in [0, 0.05) is 16.2 Å². The van der Waals surface area contributed by atoms with Gasteiger partial charge in [-0.2, -0.15) is 0 Å². The summed E-state index contributed by atoms with van der Waals surface area (Å²) in [5.41, 5.74) is 2.74. The second kappa shape index (κ2) is 7.07. The van der Waals surface area contributed by atoms with Crippen LogP contribution in [0.25, 0.3) is 0 Å².